The molecule has 0 atom stereocenters. The van der Waals surface area contributed by atoms with Gasteiger partial charge < -0.3 is 14.5 Å². The van der Waals surface area contributed by atoms with Crippen LogP contribution in [0.15, 0.2) is 18.2 Å². The SMILES string of the molecule is CCCCCCCCONCc1cc(CNOC)cc(CNOC)c1. The molecule has 1 aromatic rings. The highest BCUT2D eigenvalue weighted by Gasteiger charge is 2.02. The summed E-state index contributed by atoms with van der Waals surface area (Å²) in [7, 11) is 3.24. The molecule has 3 N–H and O–H groups in total. The molecule has 0 saturated heterocycles. The number of nitrogens with one attached hydrogen (secondary N) is 3. The number of hydrogen-bond donors (Lipinski definition) is 3. The maximum Gasteiger partial charge on any atom is 0.0682 e. The number of hydrogen-bond acceptors (Lipinski definition) is 6. The fourth-order valence-electron chi connectivity index (χ4n) is 2.62. The normalized spacial score (nSPS) is 11.2. The van der Waals surface area contributed by atoms with E-state index < -0.39 is 0 Å². The number of unbranched alkanes of at least 4 members (excludes halogenated alkanes) is 5. The van der Waals surface area contributed by atoms with Gasteiger partial charge in [-0.25, -0.2) is 0 Å². The van der Waals surface area contributed by atoms with Gasteiger partial charge in [0.2, 0.25) is 0 Å². The van der Waals surface area contributed by atoms with Crippen LogP contribution in [0, 0.1) is 0 Å². The van der Waals surface area contributed by atoms with E-state index >= 15 is 0 Å². The predicted octanol–water partition coefficient (Wildman–Crippen LogP) is 3.37. The van der Waals surface area contributed by atoms with Crippen LogP contribution in [0.3, 0.4) is 0 Å². The summed E-state index contributed by atoms with van der Waals surface area (Å²) in [6.07, 6.45) is 7.63. The summed E-state index contributed by atoms with van der Waals surface area (Å²) in [4.78, 5) is 15.4. The molecule has 0 aliphatic rings. The average molecular weight is 354 g/mol. The molecule has 0 bridgehead atoms. The highest BCUT2D eigenvalue weighted by molar-refractivity contribution is 5.30. The van der Waals surface area contributed by atoms with Crippen LogP contribution in [0.25, 0.3) is 0 Å². The Balaban J connectivity index is 2.32. The van der Waals surface area contributed by atoms with Crippen molar-refractivity contribution in [3.05, 3.63) is 34.9 Å². The quantitative estimate of drug-likeness (QED) is 0.313. The van der Waals surface area contributed by atoms with E-state index in [4.69, 9.17) is 14.5 Å². The van der Waals surface area contributed by atoms with E-state index in [0.717, 1.165) is 24.2 Å². The van der Waals surface area contributed by atoms with Gasteiger partial charge in [0.1, 0.15) is 0 Å². The lowest BCUT2D eigenvalue weighted by molar-refractivity contribution is 0.0339. The summed E-state index contributed by atoms with van der Waals surface area (Å²) in [5.41, 5.74) is 12.3. The summed E-state index contributed by atoms with van der Waals surface area (Å²) in [5, 5.41) is 0. The first-order valence-corrected chi connectivity index (χ1v) is 9.28. The Hall–Kier alpha value is -1.02. The Morgan fingerprint density at radius 3 is 1.68 bits per heavy atom. The van der Waals surface area contributed by atoms with E-state index in [-0.39, 0.29) is 0 Å². The second kappa shape index (κ2) is 15.3. The maximum absolute atomic E-state index is 5.56. The van der Waals surface area contributed by atoms with Crippen molar-refractivity contribution in [3.63, 3.8) is 0 Å². The molecule has 0 aliphatic carbocycles. The van der Waals surface area contributed by atoms with Gasteiger partial charge in [-0.1, -0.05) is 57.2 Å². The molecule has 6 nitrogen and oxygen atoms in total. The summed E-state index contributed by atoms with van der Waals surface area (Å²) in [6, 6.07) is 6.41. The van der Waals surface area contributed by atoms with Gasteiger partial charge in [-0.3, -0.25) is 0 Å². The third-order valence-corrected chi connectivity index (χ3v) is 3.93. The van der Waals surface area contributed by atoms with Crippen LogP contribution in [0.5, 0.6) is 0 Å². The summed E-state index contributed by atoms with van der Waals surface area (Å²) < 4.78 is 0. The summed E-state index contributed by atoms with van der Waals surface area (Å²) in [6.45, 7) is 4.99. The molecule has 0 aliphatic heterocycles. The van der Waals surface area contributed by atoms with Gasteiger partial charge in [0, 0.05) is 19.6 Å². The van der Waals surface area contributed by atoms with Crippen molar-refractivity contribution in [2.45, 2.75) is 65.1 Å². The molecule has 0 radical (unpaired) electrons. The number of rotatable bonds is 16. The number of benzene rings is 1. The Morgan fingerprint density at radius 1 is 0.680 bits per heavy atom. The Bertz CT molecular complexity index is 418. The second-order valence-electron chi connectivity index (χ2n) is 6.15. The van der Waals surface area contributed by atoms with Gasteiger partial charge in [-0.05, 0) is 23.1 Å². The van der Waals surface area contributed by atoms with Crippen molar-refractivity contribution in [3.8, 4) is 0 Å². The first-order chi connectivity index (χ1) is 12.3. The first-order valence-electron chi connectivity index (χ1n) is 9.28. The predicted molar refractivity (Wildman–Crippen MR) is 100 cm³/mol. The maximum atomic E-state index is 5.56. The molecule has 0 aromatic heterocycles. The topological polar surface area (TPSA) is 63.8 Å². The molecule has 0 spiro atoms. The molecule has 0 amide bonds. The van der Waals surface area contributed by atoms with Crippen molar-refractivity contribution in [1.82, 2.24) is 16.4 Å². The van der Waals surface area contributed by atoms with Gasteiger partial charge in [-0.15, -0.1) is 0 Å². The lowest BCUT2D eigenvalue weighted by Gasteiger charge is -2.11. The van der Waals surface area contributed by atoms with Crippen molar-refractivity contribution in [1.29, 1.82) is 0 Å². The molecule has 1 rings (SSSR count). The van der Waals surface area contributed by atoms with E-state index in [1.165, 1.54) is 37.7 Å². The lowest BCUT2D eigenvalue weighted by Crippen LogP contribution is -2.17. The molecule has 0 unspecified atom stereocenters. The standard InChI is InChI=1S/C19H35N3O3/c1-4-5-6-7-8-9-10-25-22-16-19-12-17(14-20-23-2)11-18(13-19)15-21-24-3/h11-13,20-22H,4-10,14-16H2,1-3H3. The fraction of sp³-hybridized carbons (Fsp3) is 0.684. The van der Waals surface area contributed by atoms with Crippen LogP contribution in [0.2, 0.25) is 0 Å². The highest BCUT2D eigenvalue weighted by atomic mass is 16.6. The van der Waals surface area contributed by atoms with Crippen LogP contribution in [0.1, 0.15) is 62.1 Å². The molecule has 0 saturated carbocycles. The van der Waals surface area contributed by atoms with Crippen LogP contribution >= 0.6 is 0 Å². The van der Waals surface area contributed by atoms with E-state index in [1.807, 2.05) is 0 Å². The highest BCUT2D eigenvalue weighted by Crippen LogP contribution is 2.11. The van der Waals surface area contributed by atoms with Crippen LogP contribution in [-0.2, 0) is 34.1 Å². The first kappa shape index (κ1) is 22.0. The van der Waals surface area contributed by atoms with Gasteiger partial charge in [0.25, 0.3) is 0 Å². The van der Waals surface area contributed by atoms with E-state index in [2.05, 4.69) is 41.6 Å². The van der Waals surface area contributed by atoms with Gasteiger partial charge >= 0.3 is 0 Å². The van der Waals surface area contributed by atoms with Crippen LogP contribution < -0.4 is 16.4 Å². The molecule has 6 heteroatoms. The molecule has 0 fully saturated rings. The zero-order valence-electron chi connectivity index (χ0n) is 16.0. The smallest absolute Gasteiger partial charge is 0.0682 e. The third kappa shape index (κ3) is 11.3. The monoisotopic (exact) mass is 353 g/mol. The van der Waals surface area contributed by atoms with Crippen LogP contribution in [0.4, 0.5) is 0 Å². The average Bonchev–Trinajstić information content (AvgIpc) is 2.63. The molecule has 1 aromatic carbocycles. The zero-order chi connectivity index (χ0) is 18.2. The van der Waals surface area contributed by atoms with Crippen molar-refractivity contribution >= 4 is 0 Å². The Labute approximate surface area is 152 Å². The fourth-order valence-corrected chi connectivity index (χ4v) is 2.62. The summed E-state index contributed by atoms with van der Waals surface area (Å²) >= 11 is 0. The van der Waals surface area contributed by atoms with Crippen molar-refractivity contribution < 1.29 is 14.5 Å². The molecule has 144 valence electrons. The minimum atomic E-state index is 0.656. The minimum absolute atomic E-state index is 0.656. The Kier molecular flexibility index (Phi) is 13.4. The van der Waals surface area contributed by atoms with Gasteiger partial charge in [0.05, 0.1) is 20.8 Å². The van der Waals surface area contributed by atoms with Gasteiger partial charge in [-0.2, -0.15) is 16.4 Å². The molecule has 25 heavy (non-hydrogen) atoms. The van der Waals surface area contributed by atoms with Gasteiger partial charge in [0.15, 0.2) is 0 Å². The minimum Gasteiger partial charge on any atom is -0.305 e. The van der Waals surface area contributed by atoms with E-state index in [1.54, 1.807) is 14.2 Å². The largest absolute Gasteiger partial charge is 0.305 e. The van der Waals surface area contributed by atoms with Crippen molar-refractivity contribution in [2.24, 2.45) is 0 Å². The zero-order valence-corrected chi connectivity index (χ0v) is 16.0. The van der Waals surface area contributed by atoms with E-state index in [0.29, 0.717) is 19.6 Å². The molecule has 0 heterocycles. The number of hydroxylamine groups is 3. The van der Waals surface area contributed by atoms with Crippen LogP contribution in [-0.4, -0.2) is 20.8 Å². The molecular weight excluding hydrogens is 318 g/mol. The van der Waals surface area contributed by atoms with Crippen molar-refractivity contribution in [2.75, 3.05) is 20.8 Å². The second-order valence-corrected chi connectivity index (χ2v) is 6.15. The third-order valence-electron chi connectivity index (χ3n) is 3.93. The van der Waals surface area contributed by atoms with E-state index in [9.17, 15) is 0 Å². The molecular formula is C19H35N3O3. The lowest BCUT2D eigenvalue weighted by atomic mass is 10.1. The Morgan fingerprint density at radius 2 is 1.16 bits per heavy atom. The summed E-state index contributed by atoms with van der Waals surface area (Å²) in [5.74, 6) is 0.